The predicted molar refractivity (Wildman–Crippen MR) is 124 cm³/mol. The predicted octanol–water partition coefficient (Wildman–Crippen LogP) is 3.97. The summed E-state index contributed by atoms with van der Waals surface area (Å²) in [7, 11) is 2.12. The molecule has 4 rings (SSSR count). The number of thiophene rings is 1. The number of piperazine rings is 1. The first-order valence-electron chi connectivity index (χ1n) is 9.83. The van der Waals surface area contributed by atoms with Gasteiger partial charge >= 0.3 is 0 Å². The van der Waals surface area contributed by atoms with Crippen LogP contribution in [0.15, 0.2) is 42.7 Å². The standard InChI is InChI=1S/C21H22ClFN6OS/c1-28-7-9-29(10-8-28)6-2-3-18(30)27-19-12-15-20(24-13-25-21(15)31-19)26-14-4-5-17(23)16(22)11-14/h2-5,11-13H,6-10H2,1H3,(H,27,30)(H,24,25,26)/b3-2+. The van der Waals surface area contributed by atoms with Crippen LogP contribution in [0.3, 0.4) is 0 Å². The molecule has 1 saturated heterocycles. The van der Waals surface area contributed by atoms with E-state index in [4.69, 9.17) is 11.6 Å². The number of anilines is 3. The number of hydrogen-bond acceptors (Lipinski definition) is 7. The largest absolute Gasteiger partial charge is 0.340 e. The topological polar surface area (TPSA) is 73.4 Å². The lowest BCUT2D eigenvalue weighted by atomic mass is 10.3. The maximum atomic E-state index is 13.4. The third-order valence-corrected chi connectivity index (χ3v) is 6.24. The van der Waals surface area contributed by atoms with Crippen molar-refractivity contribution in [1.29, 1.82) is 0 Å². The summed E-state index contributed by atoms with van der Waals surface area (Å²) in [5, 5.41) is 7.46. The first-order valence-corrected chi connectivity index (χ1v) is 11.0. The molecule has 1 aliphatic rings. The SMILES string of the molecule is CN1CCN(C/C=C/C(=O)Nc2cc3c(Nc4ccc(F)c(Cl)c4)ncnc3s2)CC1. The fourth-order valence-corrected chi connectivity index (χ4v) is 4.31. The van der Waals surface area contributed by atoms with Crippen LogP contribution in [0.4, 0.5) is 20.9 Å². The van der Waals surface area contributed by atoms with E-state index in [1.54, 1.807) is 12.1 Å². The highest BCUT2D eigenvalue weighted by atomic mass is 35.5. The number of hydrogen-bond donors (Lipinski definition) is 2. The number of nitrogens with zero attached hydrogens (tertiary/aromatic N) is 4. The Hall–Kier alpha value is -2.59. The third kappa shape index (κ3) is 5.56. The molecule has 0 radical (unpaired) electrons. The van der Waals surface area contributed by atoms with Crippen LogP contribution in [0, 0.1) is 5.82 Å². The average molecular weight is 461 g/mol. The van der Waals surface area contributed by atoms with E-state index in [0.717, 1.165) is 42.9 Å². The molecule has 7 nitrogen and oxygen atoms in total. The lowest BCUT2D eigenvalue weighted by Gasteiger charge is -2.31. The van der Waals surface area contributed by atoms with Gasteiger partial charge in [-0.05, 0) is 31.3 Å². The van der Waals surface area contributed by atoms with Crippen molar-refractivity contribution in [2.75, 3.05) is 50.4 Å². The molecule has 2 aromatic heterocycles. The Morgan fingerprint density at radius 2 is 2.06 bits per heavy atom. The molecule has 0 atom stereocenters. The van der Waals surface area contributed by atoms with Gasteiger partial charge in [0.25, 0.3) is 0 Å². The number of amides is 1. The summed E-state index contributed by atoms with van der Waals surface area (Å²) in [6, 6.07) is 6.18. The van der Waals surface area contributed by atoms with E-state index < -0.39 is 5.82 Å². The molecule has 1 aromatic carbocycles. The van der Waals surface area contributed by atoms with Crippen LogP contribution in [0.25, 0.3) is 10.2 Å². The zero-order chi connectivity index (χ0) is 21.8. The molecular weight excluding hydrogens is 439 g/mol. The van der Waals surface area contributed by atoms with Crippen molar-refractivity contribution in [3.8, 4) is 0 Å². The number of carbonyl (C=O) groups excluding carboxylic acids is 1. The molecule has 2 N–H and O–H groups in total. The van der Waals surface area contributed by atoms with Gasteiger partial charge in [-0.15, -0.1) is 0 Å². The normalized spacial score (nSPS) is 15.6. The summed E-state index contributed by atoms with van der Waals surface area (Å²) in [5.41, 5.74) is 0.607. The third-order valence-electron chi connectivity index (χ3n) is 4.99. The lowest BCUT2D eigenvalue weighted by molar-refractivity contribution is -0.111. The first kappa shape index (κ1) is 21.6. The number of halogens is 2. The molecule has 10 heteroatoms. The number of aromatic nitrogens is 2. The van der Waals surface area contributed by atoms with Gasteiger partial charge in [0.05, 0.1) is 15.4 Å². The average Bonchev–Trinajstić information content (AvgIpc) is 3.15. The molecule has 3 heterocycles. The van der Waals surface area contributed by atoms with Gasteiger partial charge in [0.15, 0.2) is 0 Å². The summed E-state index contributed by atoms with van der Waals surface area (Å²) in [6.45, 7) is 4.86. The number of nitrogens with one attached hydrogen (secondary N) is 2. The fourth-order valence-electron chi connectivity index (χ4n) is 3.23. The highest BCUT2D eigenvalue weighted by Crippen LogP contribution is 2.33. The van der Waals surface area contributed by atoms with Gasteiger partial charge in [-0.3, -0.25) is 9.69 Å². The number of benzene rings is 1. The second kappa shape index (κ2) is 9.69. The highest BCUT2D eigenvalue weighted by Gasteiger charge is 2.13. The number of fused-ring (bicyclic) bond motifs is 1. The van der Waals surface area contributed by atoms with Gasteiger partial charge in [-0.1, -0.05) is 29.0 Å². The Morgan fingerprint density at radius 3 is 2.84 bits per heavy atom. The van der Waals surface area contributed by atoms with E-state index in [1.807, 2.05) is 12.1 Å². The fraction of sp³-hybridized carbons (Fsp3) is 0.286. The van der Waals surface area contributed by atoms with E-state index in [2.05, 4.69) is 37.4 Å². The van der Waals surface area contributed by atoms with Gasteiger partial charge in [0.1, 0.15) is 22.8 Å². The van der Waals surface area contributed by atoms with Crippen LogP contribution in [0.2, 0.25) is 5.02 Å². The molecule has 0 saturated carbocycles. The number of carbonyl (C=O) groups is 1. The molecule has 0 unspecified atom stereocenters. The molecule has 1 aliphatic heterocycles. The lowest BCUT2D eigenvalue weighted by Crippen LogP contribution is -2.44. The van der Waals surface area contributed by atoms with Crippen LogP contribution >= 0.6 is 22.9 Å². The summed E-state index contributed by atoms with van der Waals surface area (Å²) < 4.78 is 13.4. The second-order valence-electron chi connectivity index (χ2n) is 7.30. The van der Waals surface area contributed by atoms with Crippen LogP contribution in [-0.4, -0.2) is 65.4 Å². The molecule has 162 valence electrons. The maximum absolute atomic E-state index is 13.4. The minimum atomic E-state index is -0.485. The van der Waals surface area contributed by atoms with E-state index >= 15 is 0 Å². The van der Waals surface area contributed by atoms with E-state index in [0.29, 0.717) is 16.5 Å². The molecular formula is C21H22ClFN6OS. The summed E-state index contributed by atoms with van der Waals surface area (Å²) in [4.78, 5) is 26.2. The van der Waals surface area contributed by atoms with Crippen LogP contribution in [0.1, 0.15) is 0 Å². The van der Waals surface area contributed by atoms with Crippen molar-refractivity contribution >= 4 is 55.6 Å². The van der Waals surface area contributed by atoms with Crippen molar-refractivity contribution in [1.82, 2.24) is 19.8 Å². The summed E-state index contributed by atoms with van der Waals surface area (Å²) >= 11 is 7.21. The Morgan fingerprint density at radius 1 is 1.26 bits per heavy atom. The zero-order valence-electron chi connectivity index (χ0n) is 16.9. The minimum absolute atomic E-state index is 0.0249. The molecule has 0 spiro atoms. The van der Waals surface area contributed by atoms with Crippen molar-refractivity contribution in [2.24, 2.45) is 0 Å². The van der Waals surface area contributed by atoms with Crippen LogP contribution < -0.4 is 10.6 Å². The monoisotopic (exact) mass is 460 g/mol. The Kier molecular flexibility index (Phi) is 6.77. The van der Waals surface area contributed by atoms with Gasteiger partial charge < -0.3 is 15.5 Å². The maximum Gasteiger partial charge on any atom is 0.248 e. The van der Waals surface area contributed by atoms with Gasteiger partial charge in [0.2, 0.25) is 5.91 Å². The van der Waals surface area contributed by atoms with Crippen LogP contribution in [-0.2, 0) is 4.79 Å². The highest BCUT2D eigenvalue weighted by molar-refractivity contribution is 7.22. The second-order valence-corrected chi connectivity index (χ2v) is 8.74. The van der Waals surface area contributed by atoms with Crippen molar-refractivity contribution < 1.29 is 9.18 Å². The van der Waals surface area contributed by atoms with Crippen molar-refractivity contribution in [3.05, 3.63) is 53.6 Å². The summed E-state index contributed by atoms with van der Waals surface area (Å²) in [6.07, 6.45) is 4.89. The molecule has 1 fully saturated rings. The summed E-state index contributed by atoms with van der Waals surface area (Å²) in [5.74, 6) is -0.121. The van der Waals surface area contributed by atoms with E-state index in [-0.39, 0.29) is 10.9 Å². The first-order chi connectivity index (χ1) is 15.0. The van der Waals surface area contributed by atoms with E-state index in [9.17, 15) is 9.18 Å². The Balaban J connectivity index is 1.40. The number of rotatable bonds is 6. The Labute approximate surface area is 188 Å². The molecule has 31 heavy (non-hydrogen) atoms. The van der Waals surface area contributed by atoms with Crippen molar-refractivity contribution in [3.63, 3.8) is 0 Å². The quantitative estimate of drug-likeness (QED) is 0.542. The molecule has 0 aliphatic carbocycles. The van der Waals surface area contributed by atoms with Gasteiger partial charge in [-0.2, -0.15) is 0 Å². The Bertz CT molecular complexity index is 1110. The van der Waals surface area contributed by atoms with E-state index in [1.165, 1.54) is 29.8 Å². The van der Waals surface area contributed by atoms with Gasteiger partial charge in [0, 0.05) is 44.5 Å². The molecule has 3 aromatic rings. The van der Waals surface area contributed by atoms with Gasteiger partial charge in [-0.25, -0.2) is 14.4 Å². The number of likely N-dealkylation sites (N-methyl/N-ethyl adjacent to an activating group) is 1. The smallest absolute Gasteiger partial charge is 0.248 e. The minimum Gasteiger partial charge on any atom is -0.340 e. The zero-order valence-corrected chi connectivity index (χ0v) is 18.5. The van der Waals surface area contributed by atoms with Crippen LogP contribution in [0.5, 0.6) is 0 Å². The molecule has 1 amide bonds. The van der Waals surface area contributed by atoms with Crippen molar-refractivity contribution in [2.45, 2.75) is 0 Å². The molecule has 0 bridgehead atoms.